The minimum atomic E-state index is 1.15. The standard InChI is InChI=1S/C11H18BrNS/c1-9-10(8-11(12)14-9)6-4-3-5-7-13-2/h8,13H,3-7H2,1-2H3. The zero-order valence-corrected chi connectivity index (χ0v) is 11.3. The van der Waals surface area contributed by atoms with Crippen molar-refractivity contribution in [2.75, 3.05) is 13.6 Å². The van der Waals surface area contributed by atoms with Gasteiger partial charge >= 0.3 is 0 Å². The lowest BCUT2D eigenvalue weighted by Gasteiger charge is -2.00. The Labute approximate surface area is 99.0 Å². The summed E-state index contributed by atoms with van der Waals surface area (Å²) in [4.78, 5) is 1.46. The molecule has 0 atom stereocenters. The van der Waals surface area contributed by atoms with E-state index in [1.54, 1.807) is 0 Å². The van der Waals surface area contributed by atoms with E-state index in [0.29, 0.717) is 0 Å². The molecule has 1 nitrogen and oxygen atoms in total. The van der Waals surface area contributed by atoms with Gasteiger partial charge < -0.3 is 5.32 Å². The van der Waals surface area contributed by atoms with Crippen LogP contribution in [0.5, 0.6) is 0 Å². The van der Waals surface area contributed by atoms with Crippen LogP contribution in [0.3, 0.4) is 0 Å². The first kappa shape index (κ1) is 12.2. The SMILES string of the molecule is CNCCCCCc1cc(Br)sc1C. The summed E-state index contributed by atoms with van der Waals surface area (Å²) in [6.07, 6.45) is 5.16. The number of aryl methyl sites for hydroxylation is 2. The van der Waals surface area contributed by atoms with Crippen LogP contribution in [0.25, 0.3) is 0 Å². The van der Waals surface area contributed by atoms with Gasteiger partial charge in [0, 0.05) is 4.88 Å². The van der Waals surface area contributed by atoms with E-state index in [9.17, 15) is 0 Å². The van der Waals surface area contributed by atoms with Crippen LogP contribution in [0.1, 0.15) is 29.7 Å². The van der Waals surface area contributed by atoms with Crippen LogP contribution in [-0.2, 0) is 6.42 Å². The Morgan fingerprint density at radius 1 is 1.36 bits per heavy atom. The number of hydrogen-bond acceptors (Lipinski definition) is 2. The second kappa shape index (κ2) is 6.59. The molecule has 14 heavy (non-hydrogen) atoms. The fourth-order valence-electron chi connectivity index (χ4n) is 1.52. The molecule has 0 aromatic carbocycles. The van der Waals surface area contributed by atoms with Gasteiger partial charge in [0.2, 0.25) is 0 Å². The molecule has 0 spiro atoms. The number of halogens is 1. The molecule has 0 bridgehead atoms. The van der Waals surface area contributed by atoms with Gasteiger partial charge in [-0.25, -0.2) is 0 Å². The van der Waals surface area contributed by atoms with Gasteiger partial charge in [-0.05, 0) is 67.3 Å². The third kappa shape index (κ3) is 4.11. The normalized spacial score (nSPS) is 10.8. The average Bonchev–Trinajstić information content (AvgIpc) is 2.45. The van der Waals surface area contributed by atoms with Crippen molar-refractivity contribution in [1.29, 1.82) is 0 Å². The van der Waals surface area contributed by atoms with Crippen LogP contribution in [0.4, 0.5) is 0 Å². The van der Waals surface area contributed by atoms with E-state index in [2.05, 4.69) is 34.2 Å². The van der Waals surface area contributed by atoms with Crippen LogP contribution < -0.4 is 5.32 Å². The van der Waals surface area contributed by atoms with E-state index >= 15 is 0 Å². The van der Waals surface area contributed by atoms with Crippen molar-refractivity contribution < 1.29 is 0 Å². The fourth-order valence-corrected chi connectivity index (χ4v) is 3.31. The zero-order valence-electron chi connectivity index (χ0n) is 8.90. The monoisotopic (exact) mass is 275 g/mol. The van der Waals surface area contributed by atoms with Gasteiger partial charge in [0.1, 0.15) is 0 Å². The first-order valence-corrected chi connectivity index (χ1v) is 6.74. The van der Waals surface area contributed by atoms with Crippen molar-refractivity contribution in [1.82, 2.24) is 5.32 Å². The Kier molecular flexibility index (Phi) is 5.75. The maximum Gasteiger partial charge on any atom is 0.0704 e. The quantitative estimate of drug-likeness (QED) is 0.780. The van der Waals surface area contributed by atoms with Crippen molar-refractivity contribution in [2.45, 2.75) is 32.6 Å². The largest absolute Gasteiger partial charge is 0.320 e. The highest BCUT2D eigenvalue weighted by molar-refractivity contribution is 9.11. The second-order valence-electron chi connectivity index (χ2n) is 3.55. The average molecular weight is 276 g/mol. The number of rotatable bonds is 6. The maximum atomic E-state index is 3.53. The number of unbranched alkanes of at least 4 members (excludes halogenated alkanes) is 2. The molecule has 1 aromatic rings. The van der Waals surface area contributed by atoms with Crippen LogP contribution in [0, 0.1) is 6.92 Å². The molecule has 0 saturated heterocycles. The van der Waals surface area contributed by atoms with Crippen molar-refractivity contribution in [3.63, 3.8) is 0 Å². The molecule has 0 aliphatic rings. The number of nitrogens with one attached hydrogen (secondary N) is 1. The molecule has 0 aliphatic heterocycles. The Morgan fingerprint density at radius 2 is 2.14 bits per heavy atom. The minimum absolute atomic E-state index is 1.15. The van der Waals surface area contributed by atoms with Gasteiger partial charge in [-0.1, -0.05) is 6.42 Å². The minimum Gasteiger partial charge on any atom is -0.320 e. The van der Waals surface area contributed by atoms with Crippen molar-refractivity contribution in [2.24, 2.45) is 0 Å². The highest BCUT2D eigenvalue weighted by Crippen LogP contribution is 2.27. The molecule has 0 saturated carbocycles. The smallest absolute Gasteiger partial charge is 0.0704 e. The highest BCUT2D eigenvalue weighted by atomic mass is 79.9. The van der Waals surface area contributed by atoms with Gasteiger partial charge in [-0.15, -0.1) is 11.3 Å². The van der Waals surface area contributed by atoms with E-state index in [1.165, 1.54) is 39.9 Å². The maximum absolute atomic E-state index is 3.53. The highest BCUT2D eigenvalue weighted by Gasteiger charge is 2.02. The summed E-state index contributed by atoms with van der Waals surface area (Å²) in [6.45, 7) is 3.35. The van der Waals surface area contributed by atoms with E-state index < -0.39 is 0 Å². The van der Waals surface area contributed by atoms with Crippen molar-refractivity contribution in [3.05, 3.63) is 20.3 Å². The molecule has 1 N–H and O–H groups in total. The topological polar surface area (TPSA) is 12.0 Å². The predicted molar refractivity (Wildman–Crippen MR) is 68.2 cm³/mol. The summed E-state index contributed by atoms with van der Waals surface area (Å²) in [7, 11) is 2.01. The summed E-state index contributed by atoms with van der Waals surface area (Å²) in [5, 5.41) is 3.18. The zero-order chi connectivity index (χ0) is 10.4. The lowest BCUT2D eigenvalue weighted by Crippen LogP contribution is -2.07. The summed E-state index contributed by atoms with van der Waals surface area (Å²) in [5.41, 5.74) is 1.52. The number of thiophene rings is 1. The lowest BCUT2D eigenvalue weighted by atomic mass is 10.1. The Bertz CT molecular complexity index is 270. The van der Waals surface area contributed by atoms with Crippen LogP contribution in [0.2, 0.25) is 0 Å². The molecule has 0 fully saturated rings. The first-order valence-electron chi connectivity index (χ1n) is 5.13. The third-order valence-electron chi connectivity index (χ3n) is 2.36. The van der Waals surface area contributed by atoms with Crippen molar-refractivity contribution >= 4 is 27.3 Å². The summed E-state index contributed by atoms with van der Waals surface area (Å²) < 4.78 is 1.26. The van der Waals surface area contributed by atoms with Crippen molar-refractivity contribution in [3.8, 4) is 0 Å². The fraction of sp³-hybridized carbons (Fsp3) is 0.636. The number of hydrogen-bond donors (Lipinski definition) is 1. The van der Waals surface area contributed by atoms with E-state index in [0.717, 1.165) is 6.54 Å². The van der Waals surface area contributed by atoms with Gasteiger partial charge in [-0.2, -0.15) is 0 Å². The Balaban J connectivity index is 2.21. The second-order valence-corrected chi connectivity index (χ2v) is 6.18. The molecule has 1 rings (SSSR count). The molecule has 80 valence electrons. The molecule has 0 amide bonds. The Hall–Kier alpha value is 0.140. The molecule has 3 heteroatoms. The van der Waals surface area contributed by atoms with Crippen LogP contribution in [-0.4, -0.2) is 13.6 Å². The Morgan fingerprint density at radius 3 is 2.71 bits per heavy atom. The van der Waals surface area contributed by atoms with E-state index in [1.807, 2.05) is 18.4 Å². The molecule has 0 unspecified atom stereocenters. The molecule has 1 heterocycles. The predicted octanol–water partition coefficient (Wildman–Crippen LogP) is 3.75. The first-order chi connectivity index (χ1) is 6.74. The summed E-state index contributed by atoms with van der Waals surface area (Å²) in [6, 6.07) is 2.26. The molecule has 0 radical (unpaired) electrons. The third-order valence-corrected chi connectivity index (χ3v) is 3.96. The van der Waals surface area contributed by atoms with Gasteiger partial charge in [0.15, 0.2) is 0 Å². The van der Waals surface area contributed by atoms with Crippen LogP contribution >= 0.6 is 27.3 Å². The summed E-state index contributed by atoms with van der Waals surface area (Å²) >= 11 is 5.37. The molecule has 0 aliphatic carbocycles. The van der Waals surface area contributed by atoms with Gasteiger partial charge in [-0.3, -0.25) is 0 Å². The molecule has 1 aromatic heterocycles. The molecular formula is C11H18BrNS. The van der Waals surface area contributed by atoms with E-state index in [-0.39, 0.29) is 0 Å². The van der Waals surface area contributed by atoms with Gasteiger partial charge in [0.05, 0.1) is 3.79 Å². The van der Waals surface area contributed by atoms with Crippen LogP contribution in [0.15, 0.2) is 9.85 Å². The van der Waals surface area contributed by atoms with Gasteiger partial charge in [0.25, 0.3) is 0 Å². The van der Waals surface area contributed by atoms with E-state index in [4.69, 9.17) is 0 Å². The summed E-state index contributed by atoms with van der Waals surface area (Å²) in [5.74, 6) is 0. The lowest BCUT2D eigenvalue weighted by molar-refractivity contribution is 0.642. The molecular weight excluding hydrogens is 258 g/mol.